The molecule has 2 aliphatic rings. The number of nitrogens with zero attached hydrogens (tertiary/aromatic N) is 1. The number of rotatable bonds is 3. The van der Waals surface area contributed by atoms with Gasteiger partial charge in [0, 0.05) is 30.2 Å². The normalized spacial score (nSPS) is 17.4. The number of hydrogen-bond acceptors (Lipinski definition) is 5. The maximum absolute atomic E-state index is 13.0. The van der Waals surface area contributed by atoms with Crippen LogP contribution in [0.15, 0.2) is 29.6 Å². The fourth-order valence-electron chi connectivity index (χ4n) is 3.20. The molecule has 0 atom stereocenters. The van der Waals surface area contributed by atoms with Gasteiger partial charge in [-0.3, -0.25) is 4.79 Å². The molecule has 2 aliphatic heterocycles. The van der Waals surface area contributed by atoms with Crippen LogP contribution < -0.4 is 19.7 Å². The molecule has 0 aliphatic carbocycles. The zero-order valence-corrected chi connectivity index (χ0v) is 14.5. The number of carbonyl (C=O) groups is 1. The highest BCUT2D eigenvalue weighted by Crippen LogP contribution is 2.39. The average Bonchev–Trinajstić information content (AvgIpc) is 3.07. The first kappa shape index (κ1) is 16.2. The van der Waals surface area contributed by atoms with Crippen molar-refractivity contribution in [3.63, 3.8) is 0 Å². The molecule has 1 aromatic heterocycles. The van der Waals surface area contributed by atoms with Gasteiger partial charge in [0.25, 0.3) is 5.91 Å². The first-order chi connectivity index (χ1) is 12.2. The molecule has 1 aromatic carbocycles. The SMILES string of the molecule is O=C(NC1CCN(c2ccc(F)cc2)CC1)c1scc2c1OCCO2. The summed E-state index contributed by atoms with van der Waals surface area (Å²) in [5.74, 6) is 0.901. The predicted molar refractivity (Wildman–Crippen MR) is 94.4 cm³/mol. The van der Waals surface area contributed by atoms with Gasteiger partial charge in [-0.1, -0.05) is 0 Å². The molecule has 0 bridgehead atoms. The highest BCUT2D eigenvalue weighted by atomic mass is 32.1. The Hall–Kier alpha value is -2.28. The van der Waals surface area contributed by atoms with Gasteiger partial charge in [-0.15, -0.1) is 11.3 Å². The second-order valence-corrected chi connectivity index (χ2v) is 7.05. The monoisotopic (exact) mass is 362 g/mol. The topological polar surface area (TPSA) is 50.8 Å². The zero-order chi connectivity index (χ0) is 17.2. The quantitative estimate of drug-likeness (QED) is 0.912. The van der Waals surface area contributed by atoms with Gasteiger partial charge in [-0.2, -0.15) is 0 Å². The Morgan fingerprint density at radius 1 is 1.16 bits per heavy atom. The maximum atomic E-state index is 13.0. The van der Waals surface area contributed by atoms with Crippen LogP contribution in [-0.4, -0.2) is 38.3 Å². The molecule has 3 heterocycles. The summed E-state index contributed by atoms with van der Waals surface area (Å²) in [6.07, 6.45) is 1.71. The van der Waals surface area contributed by atoms with E-state index in [-0.39, 0.29) is 17.8 Å². The van der Waals surface area contributed by atoms with E-state index in [1.807, 2.05) is 5.38 Å². The molecule has 2 aromatic rings. The average molecular weight is 362 g/mol. The van der Waals surface area contributed by atoms with Crippen LogP contribution in [0.5, 0.6) is 11.5 Å². The largest absolute Gasteiger partial charge is 0.485 e. The fraction of sp³-hybridized carbons (Fsp3) is 0.389. The van der Waals surface area contributed by atoms with Crippen molar-refractivity contribution in [3.05, 3.63) is 40.3 Å². The number of halogens is 1. The summed E-state index contributed by atoms with van der Waals surface area (Å²) in [6.45, 7) is 2.66. The Morgan fingerprint density at radius 3 is 2.64 bits per heavy atom. The van der Waals surface area contributed by atoms with Crippen molar-refractivity contribution in [2.24, 2.45) is 0 Å². The molecular formula is C18H19FN2O3S. The minimum absolute atomic E-state index is 0.100. The Morgan fingerprint density at radius 2 is 1.88 bits per heavy atom. The van der Waals surface area contributed by atoms with Crippen LogP contribution in [-0.2, 0) is 0 Å². The Bertz CT molecular complexity index is 754. The van der Waals surface area contributed by atoms with Gasteiger partial charge in [0.05, 0.1) is 0 Å². The number of piperidine rings is 1. The molecule has 5 nitrogen and oxygen atoms in total. The number of ether oxygens (including phenoxy) is 2. The van der Waals surface area contributed by atoms with E-state index in [0.717, 1.165) is 31.6 Å². The number of carbonyl (C=O) groups excluding carboxylic acids is 1. The van der Waals surface area contributed by atoms with Crippen LogP contribution >= 0.6 is 11.3 Å². The van der Waals surface area contributed by atoms with Gasteiger partial charge < -0.3 is 19.7 Å². The third kappa shape index (κ3) is 3.42. The van der Waals surface area contributed by atoms with Gasteiger partial charge in [0.2, 0.25) is 0 Å². The maximum Gasteiger partial charge on any atom is 0.265 e. The molecule has 0 spiro atoms. The van der Waals surface area contributed by atoms with Crippen LogP contribution in [0.3, 0.4) is 0 Å². The van der Waals surface area contributed by atoms with Crippen molar-refractivity contribution < 1.29 is 18.7 Å². The number of amides is 1. The fourth-order valence-corrected chi connectivity index (χ4v) is 4.04. The van der Waals surface area contributed by atoms with Crippen molar-refractivity contribution >= 4 is 22.9 Å². The third-order valence-corrected chi connectivity index (χ3v) is 5.47. The van der Waals surface area contributed by atoms with Gasteiger partial charge in [-0.05, 0) is 37.1 Å². The second-order valence-electron chi connectivity index (χ2n) is 6.17. The summed E-state index contributed by atoms with van der Waals surface area (Å²) in [5.41, 5.74) is 1.02. The summed E-state index contributed by atoms with van der Waals surface area (Å²) in [4.78, 5) is 15.3. The van der Waals surface area contributed by atoms with Crippen molar-refractivity contribution in [1.82, 2.24) is 5.32 Å². The zero-order valence-electron chi connectivity index (χ0n) is 13.7. The molecule has 0 saturated carbocycles. The number of hydrogen-bond donors (Lipinski definition) is 1. The lowest BCUT2D eigenvalue weighted by Crippen LogP contribution is -2.44. The van der Waals surface area contributed by atoms with Gasteiger partial charge in [0.1, 0.15) is 23.9 Å². The molecule has 1 saturated heterocycles. The van der Waals surface area contributed by atoms with Crippen molar-refractivity contribution in [3.8, 4) is 11.5 Å². The van der Waals surface area contributed by atoms with E-state index in [2.05, 4.69) is 10.2 Å². The molecule has 0 radical (unpaired) electrons. The van der Waals surface area contributed by atoms with Crippen molar-refractivity contribution in [2.45, 2.75) is 18.9 Å². The van der Waals surface area contributed by atoms with Crippen LogP contribution in [0.25, 0.3) is 0 Å². The molecule has 1 amide bonds. The minimum atomic E-state index is -0.226. The number of anilines is 1. The summed E-state index contributed by atoms with van der Waals surface area (Å²) in [6, 6.07) is 6.68. The third-order valence-electron chi connectivity index (χ3n) is 4.53. The van der Waals surface area contributed by atoms with Crippen LogP contribution in [0.4, 0.5) is 10.1 Å². The molecule has 25 heavy (non-hydrogen) atoms. The first-order valence-electron chi connectivity index (χ1n) is 8.39. The predicted octanol–water partition coefficient (Wildman–Crippen LogP) is 3.06. The van der Waals surface area contributed by atoms with E-state index < -0.39 is 0 Å². The summed E-state index contributed by atoms with van der Waals surface area (Å²) >= 11 is 1.35. The Kier molecular flexibility index (Phi) is 4.48. The number of nitrogens with one attached hydrogen (secondary N) is 1. The first-order valence-corrected chi connectivity index (χ1v) is 9.27. The van der Waals surface area contributed by atoms with Crippen LogP contribution in [0, 0.1) is 5.82 Å². The van der Waals surface area contributed by atoms with E-state index in [4.69, 9.17) is 9.47 Å². The molecule has 132 valence electrons. The molecule has 4 rings (SSSR count). The van der Waals surface area contributed by atoms with E-state index >= 15 is 0 Å². The standard InChI is InChI=1S/C18H19FN2O3S/c19-12-1-3-14(4-2-12)21-7-5-13(6-8-21)20-18(22)17-16-15(11-25-17)23-9-10-24-16/h1-4,11,13H,5-10H2,(H,20,22). The van der Waals surface area contributed by atoms with Gasteiger partial charge in [0.15, 0.2) is 11.5 Å². The van der Waals surface area contributed by atoms with Crippen LogP contribution in [0.1, 0.15) is 22.5 Å². The highest BCUT2D eigenvalue weighted by Gasteiger charge is 2.26. The highest BCUT2D eigenvalue weighted by molar-refractivity contribution is 7.12. The molecule has 7 heteroatoms. The molecule has 1 N–H and O–H groups in total. The summed E-state index contributed by atoms with van der Waals surface area (Å²) in [7, 11) is 0. The van der Waals surface area contributed by atoms with Gasteiger partial charge >= 0.3 is 0 Å². The summed E-state index contributed by atoms with van der Waals surface area (Å²) in [5, 5.41) is 4.92. The number of benzene rings is 1. The molecule has 1 fully saturated rings. The van der Waals surface area contributed by atoms with Crippen molar-refractivity contribution in [2.75, 3.05) is 31.2 Å². The lowest BCUT2D eigenvalue weighted by Gasteiger charge is -2.34. The Labute approximate surface area is 149 Å². The Balaban J connectivity index is 1.35. The van der Waals surface area contributed by atoms with Crippen molar-refractivity contribution in [1.29, 1.82) is 0 Å². The minimum Gasteiger partial charge on any atom is -0.485 e. The number of fused-ring (bicyclic) bond motifs is 1. The van der Waals surface area contributed by atoms with E-state index in [9.17, 15) is 9.18 Å². The van der Waals surface area contributed by atoms with Gasteiger partial charge in [-0.25, -0.2) is 4.39 Å². The second kappa shape index (κ2) is 6.92. The lowest BCUT2D eigenvalue weighted by molar-refractivity contribution is 0.0926. The van der Waals surface area contributed by atoms with Crippen LogP contribution in [0.2, 0.25) is 0 Å². The smallest absolute Gasteiger partial charge is 0.265 e. The van der Waals surface area contributed by atoms with E-state index in [0.29, 0.717) is 29.6 Å². The van der Waals surface area contributed by atoms with E-state index in [1.165, 1.54) is 23.5 Å². The molecule has 0 unspecified atom stereocenters. The van der Waals surface area contributed by atoms with E-state index in [1.54, 1.807) is 12.1 Å². The molecular weight excluding hydrogens is 343 g/mol. The number of thiophene rings is 1. The lowest BCUT2D eigenvalue weighted by atomic mass is 10.0. The summed E-state index contributed by atoms with van der Waals surface area (Å²) < 4.78 is 24.1.